The quantitative estimate of drug-likeness (QED) is 0.420. The van der Waals surface area contributed by atoms with Crippen LogP contribution in [0.5, 0.6) is 5.75 Å². The maximum absolute atomic E-state index is 9.84. The lowest BCUT2D eigenvalue weighted by Crippen LogP contribution is -2.49. The number of aromatic hydroxyl groups is 1. The molecule has 1 heterocycles. The van der Waals surface area contributed by atoms with Gasteiger partial charge in [-0.15, -0.1) is 0 Å². The van der Waals surface area contributed by atoms with Crippen molar-refractivity contribution in [3.8, 4) is 5.75 Å². The summed E-state index contributed by atoms with van der Waals surface area (Å²) in [6.45, 7) is 7.02. The average Bonchev–Trinajstić information content (AvgIpc) is 2.77. The van der Waals surface area contributed by atoms with E-state index in [1.54, 1.807) is 12.1 Å². The van der Waals surface area contributed by atoms with Gasteiger partial charge in [-0.25, -0.2) is 0 Å². The van der Waals surface area contributed by atoms with E-state index in [1.165, 1.54) is 11.3 Å². The highest BCUT2D eigenvalue weighted by Crippen LogP contribution is 2.37. The lowest BCUT2D eigenvalue weighted by molar-refractivity contribution is 0.290. The third kappa shape index (κ3) is 4.89. The number of aliphatic hydroxyl groups is 1. The summed E-state index contributed by atoms with van der Waals surface area (Å²) >= 11 is 0. The molecule has 0 saturated carbocycles. The number of aliphatic hydroxyl groups excluding tert-OH is 1. The molecule has 0 bridgehead atoms. The molecular weight excluding hydrogens is 394 g/mol. The van der Waals surface area contributed by atoms with Crippen LogP contribution in [0, 0.1) is 11.8 Å². The summed E-state index contributed by atoms with van der Waals surface area (Å²) < 4.78 is 0. The number of anilines is 1. The van der Waals surface area contributed by atoms with E-state index in [4.69, 9.17) is 0 Å². The van der Waals surface area contributed by atoms with E-state index in [-0.39, 0.29) is 12.4 Å². The Balaban J connectivity index is 1.75. The van der Waals surface area contributed by atoms with Gasteiger partial charge in [-0.05, 0) is 76.8 Å². The first-order valence-electron chi connectivity index (χ1n) is 11.6. The Bertz CT molecular complexity index is 1030. The standard InChI is InChI=1S/C29H33NO2/c1-21(2)25-19-30(20-25)26-14-10-23(11-15-26)29(24-12-16-27(32)17-13-24)28(9-6-18-31)22-7-4-3-5-8-22/h3-5,7-8,10-17,21,25,31-32H,6,9,18-20H2,1-2H3/b29-28+. The maximum Gasteiger partial charge on any atom is 0.115 e. The molecule has 0 aliphatic carbocycles. The number of benzene rings is 3. The van der Waals surface area contributed by atoms with Crippen LogP contribution in [0.15, 0.2) is 78.9 Å². The highest BCUT2D eigenvalue weighted by atomic mass is 16.3. The number of allylic oxidation sites excluding steroid dienone is 1. The second-order valence-corrected chi connectivity index (χ2v) is 9.05. The monoisotopic (exact) mass is 427 g/mol. The zero-order chi connectivity index (χ0) is 22.5. The van der Waals surface area contributed by atoms with Gasteiger partial charge >= 0.3 is 0 Å². The number of nitrogens with zero attached hydrogens (tertiary/aromatic N) is 1. The summed E-state index contributed by atoms with van der Waals surface area (Å²) in [4.78, 5) is 2.45. The SMILES string of the molecule is CC(C)C1CN(c2ccc(/C(=C(/CCCO)c3ccccc3)c3ccc(O)cc3)cc2)C1. The van der Waals surface area contributed by atoms with Crippen molar-refractivity contribution in [2.75, 3.05) is 24.6 Å². The summed E-state index contributed by atoms with van der Waals surface area (Å²) in [5, 5.41) is 19.4. The number of hydrogen-bond acceptors (Lipinski definition) is 3. The van der Waals surface area contributed by atoms with Gasteiger partial charge in [-0.2, -0.15) is 0 Å². The summed E-state index contributed by atoms with van der Waals surface area (Å²) in [7, 11) is 0. The first-order valence-corrected chi connectivity index (χ1v) is 11.6. The molecular formula is C29H33NO2. The topological polar surface area (TPSA) is 43.7 Å². The van der Waals surface area contributed by atoms with Crippen LogP contribution in [0.2, 0.25) is 0 Å². The smallest absolute Gasteiger partial charge is 0.115 e. The molecule has 0 aromatic heterocycles. The van der Waals surface area contributed by atoms with Crippen LogP contribution in [0.3, 0.4) is 0 Å². The Morgan fingerprint density at radius 1 is 0.844 bits per heavy atom. The Labute approximate surface area is 191 Å². The van der Waals surface area contributed by atoms with Crippen molar-refractivity contribution in [1.82, 2.24) is 0 Å². The van der Waals surface area contributed by atoms with E-state index in [0.717, 1.165) is 53.6 Å². The second-order valence-electron chi connectivity index (χ2n) is 9.05. The molecule has 1 saturated heterocycles. The lowest BCUT2D eigenvalue weighted by Gasteiger charge is -2.43. The van der Waals surface area contributed by atoms with E-state index in [9.17, 15) is 10.2 Å². The van der Waals surface area contributed by atoms with Crippen LogP contribution in [-0.2, 0) is 0 Å². The minimum absolute atomic E-state index is 0.157. The van der Waals surface area contributed by atoms with Gasteiger partial charge in [0.05, 0.1) is 0 Å². The minimum Gasteiger partial charge on any atom is -0.508 e. The molecule has 1 aliphatic rings. The van der Waals surface area contributed by atoms with Crippen molar-refractivity contribution in [3.63, 3.8) is 0 Å². The van der Waals surface area contributed by atoms with Crippen LogP contribution in [0.1, 0.15) is 43.4 Å². The van der Waals surface area contributed by atoms with Gasteiger partial charge in [0.1, 0.15) is 5.75 Å². The number of rotatable bonds is 8. The van der Waals surface area contributed by atoms with Gasteiger partial charge in [0.15, 0.2) is 0 Å². The Morgan fingerprint density at radius 3 is 2.00 bits per heavy atom. The third-order valence-corrected chi connectivity index (χ3v) is 6.54. The molecule has 3 nitrogen and oxygen atoms in total. The first-order chi connectivity index (χ1) is 15.6. The molecule has 2 N–H and O–H groups in total. The van der Waals surface area contributed by atoms with Crippen molar-refractivity contribution < 1.29 is 10.2 Å². The Morgan fingerprint density at radius 2 is 1.44 bits per heavy atom. The summed E-state index contributed by atoms with van der Waals surface area (Å²) in [6.07, 6.45) is 1.48. The first kappa shape index (κ1) is 22.2. The molecule has 3 heteroatoms. The number of phenols is 1. The highest BCUT2D eigenvalue weighted by Gasteiger charge is 2.29. The van der Waals surface area contributed by atoms with Gasteiger partial charge in [0, 0.05) is 25.4 Å². The second kappa shape index (κ2) is 10.1. The van der Waals surface area contributed by atoms with Crippen molar-refractivity contribution in [3.05, 3.63) is 95.6 Å². The van der Waals surface area contributed by atoms with Crippen molar-refractivity contribution in [2.45, 2.75) is 26.7 Å². The molecule has 0 amide bonds. The van der Waals surface area contributed by atoms with Gasteiger partial charge in [0.2, 0.25) is 0 Å². The normalized spacial score (nSPS) is 14.9. The van der Waals surface area contributed by atoms with Gasteiger partial charge < -0.3 is 15.1 Å². The van der Waals surface area contributed by atoms with Crippen LogP contribution < -0.4 is 4.90 Å². The van der Waals surface area contributed by atoms with Gasteiger partial charge in [0.25, 0.3) is 0 Å². The molecule has 32 heavy (non-hydrogen) atoms. The summed E-state index contributed by atoms with van der Waals surface area (Å²) in [6, 6.07) is 26.7. The Kier molecular flexibility index (Phi) is 6.96. The summed E-state index contributed by atoms with van der Waals surface area (Å²) in [5.41, 5.74) is 7.01. The van der Waals surface area contributed by atoms with Crippen LogP contribution in [0.4, 0.5) is 5.69 Å². The minimum atomic E-state index is 0.157. The molecule has 4 rings (SSSR count). The fraction of sp³-hybridized carbons (Fsp3) is 0.310. The largest absolute Gasteiger partial charge is 0.508 e. The molecule has 3 aromatic carbocycles. The van der Waals surface area contributed by atoms with Gasteiger partial charge in [-0.3, -0.25) is 0 Å². The van der Waals surface area contributed by atoms with E-state index in [0.29, 0.717) is 6.42 Å². The van der Waals surface area contributed by atoms with E-state index in [1.807, 2.05) is 18.2 Å². The molecule has 0 unspecified atom stereocenters. The number of phenolic OH excluding ortho intramolecular Hbond substituents is 1. The molecule has 166 valence electrons. The maximum atomic E-state index is 9.84. The average molecular weight is 428 g/mol. The predicted molar refractivity (Wildman–Crippen MR) is 134 cm³/mol. The van der Waals surface area contributed by atoms with E-state index in [2.05, 4.69) is 67.3 Å². The molecule has 0 spiro atoms. The van der Waals surface area contributed by atoms with Crippen molar-refractivity contribution in [1.29, 1.82) is 0 Å². The Hall–Kier alpha value is -3.04. The summed E-state index contributed by atoms with van der Waals surface area (Å²) in [5.74, 6) is 1.78. The van der Waals surface area contributed by atoms with Crippen molar-refractivity contribution >= 4 is 16.8 Å². The van der Waals surface area contributed by atoms with Crippen LogP contribution >= 0.6 is 0 Å². The highest BCUT2D eigenvalue weighted by molar-refractivity contribution is 5.98. The third-order valence-electron chi connectivity index (χ3n) is 6.54. The molecule has 1 fully saturated rings. The zero-order valence-corrected chi connectivity index (χ0v) is 19.0. The lowest BCUT2D eigenvalue weighted by atomic mass is 9.86. The van der Waals surface area contributed by atoms with Crippen LogP contribution in [-0.4, -0.2) is 29.9 Å². The fourth-order valence-electron chi connectivity index (χ4n) is 4.44. The van der Waals surface area contributed by atoms with E-state index >= 15 is 0 Å². The molecule has 0 radical (unpaired) electrons. The van der Waals surface area contributed by atoms with E-state index < -0.39 is 0 Å². The predicted octanol–water partition coefficient (Wildman–Crippen LogP) is 6.22. The fourth-order valence-corrected chi connectivity index (χ4v) is 4.44. The van der Waals surface area contributed by atoms with Crippen LogP contribution in [0.25, 0.3) is 11.1 Å². The molecule has 0 atom stereocenters. The molecule has 1 aliphatic heterocycles. The molecule has 3 aromatic rings. The van der Waals surface area contributed by atoms with Crippen molar-refractivity contribution in [2.24, 2.45) is 11.8 Å². The van der Waals surface area contributed by atoms with Gasteiger partial charge in [-0.1, -0.05) is 68.4 Å². The zero-order valence-electron chi connectivity index (χ0n) is 19.0. The number of hydrogen-bond donors (Lipinski definition) is 2.